The molecule has 0 saturated carbocycles. The molecule has 0 radical (unpaired) electrons. The number of hydrogen-bond acceptors (Lipinski definition) is 0. The topological polar surface area (TPSA) is 9.34 Å². The summed E-state index contributed by atoms with van der Waals surface area (Å²) in [5.41, 5.74) is 27.1. The lowest BCUT2D eigenvalue weighted by molar-refractivity contribution is 0.332. The summed E-state index contributed by atoms with van der Waals surface area (Å²) in [4.78, 5) is 0. The second-order valence-corrected chi connectivity index (χ2v) is 28.3. The van der Waals surface area contributed by atoms with Crippen LogP contribution in [0.15, 0.2) is 115 Å². The first-order valence-corrected chi connectivity index (χ1v) is 27.6. The Morgan fingerprint density at radius 2 is 0.932 bits per heavy atom. The molecule has 0 unspecified atom stereocenters. The maximum atomic E-state index is 2.81. The van der Waals surface area contributed by atoms with Gasteiger partial charge in [-0.05, 0) is 184 Å². The molecule has 4 aliphatic rings. The monoisotopic (exact) mass is 949 g/mol. The van der Waals surface area contributed by atoms with Crippen LogP contribution in [0, 0.1) is 0 Å². The van der Waals surface area contributed by atoms with Crippen LogP contribution in [0.3, 0.4) is 0 Å². The smallest absolute Gasteiger partial charge is 0.333 e. The van der Waals surface area contributed by atoms with Crippen LogP contribution in [0.5, 0.6) is 0 Å². The molecule has 0 amide bonds. The van der Waals surface area contributed by atoms with Gasteiger partial charge in [0.25, 0.3) is 0 Å². The van der Waals surface area contributed by atoms with E-state index in [4.69, 9.17) is 0 Å². The summed E-state index contributed by atoms with van der Waals surface area (Å²) in [6.45, 7) is 33.9. The molecule has 11 aromatic rings. The van der Waals surface area contributed by atoms with Gasteiger partial charge in [0.2, 0.25) is 0 Å². The third-order valence-corrected chi connectivity index (χ3v) is 19.8. The molecule has 2 aliphatic heterocycles. The Bertz CT molecular complexity index is 4330. The largest absolute Gasteiger partial charge is 0.375 e. The Morgan fingerprint density at radius 1 is 0.411 bits per heavy atom. The summed E-state index contributed by atoms with van der Waals surface area (Å²) in [6, 6.07) is 47.5. The van der Waals surface area contributed by atoms with E-state index < -0.39 is 0 Å². The molecule has 3 aromatic heterocycles. The summed E-state index contributed by atoms with van der Waals surface area (Å²) in [5, 5.41) is 10.9. The molecule has 0 atom stereocenters. The summed E-state index contributed by atoms with van der Waals surface area (Å²) in [7, 11) is 0. The zero-order chi connectivity index (χ0) is 50.6. The van der Waals surface area contributed by atoms with Crippen molar-refractivity contribution in [1.82, 2.24) is 8.88 Å². The molecule has 2 aliphatic carbocycles. The van der Waals surface area contributed by atoms with Crippen molar-refractivity contribution >= 4 is 88.4 Å². The van der Waals surface area contributed by atoms with Crippen molar-refractivity contribution in [3.63, 3.8) is 0 Å². The number of fused-ring (bicyclic) bond motifs is 13. The van der Waals surface area contributed by atoms with Gasteiger partial charge in [0.1, 0.15) is 0 Å². The van der Waals surface area contributed by atoms with Gasteiger partial charge in [-0.1, -0.05) is 170 Å². The van der Waals surface area contributed by atoms with Crippen molar-refractivity contribution in [2.24, 2.45) is 0 Å². The zero-order valence-corrected chi connectivity index (χ0v) is 45.8. The maximum Gasteiger partial charge on any atom is 0.333 e. The van der Waals surface area contributed by atoms with Crippen molar-refractivity contribution in [2.45, 2.75) is 155 Å². The fraction of sp³-hybridized carbons (Fsp3) is 0.343. The van der Waals surface area contributed by atoms with Gasteiger partial charge in [-0.2, -0.15) is 0 Å². The summed E-state index contributed by atoms with van der Waals surface area (Å²) in [6.07, 6.45) is 4.82. The van der Waals surface area contributed by atoms with E-state index in [1.807, 2.05) is 0 Å². The average Bonchev–Trinajstić information content (AvgIpc) is 4.04. The van der Waals surface area contributed by atoms with Crippen molar-refractivity contribution in [2.75, 3.05) is 0 Å². The van der Waals surface area contributed by atoms with Gasteiger partial charge in [-0.15, -0.1) is 0 Å². The third kappa shape index (κ3) is 5.62. The number of rotatable bonds is 2. The van der Waals surface area contributed by atoms with Crippen molar-refractivity contribution in [3.05, 3.63) is 149 Å². The average molecular weight is 949 g/mol. The Kier molecular flexibility index (Phi) is 8.17. The second kappa shape index (κ2) is 13.5. The molecule has 0 N–H and O–H groups in total. The molecule has 2 nitrogen and oxygen atoms in total. The zero-order valence-electron chi connectivity index (χ0n) is 45.8. The van der Waals surface area contributed by atoms with Crippen molar-refractivity contribution in [1.29, 1.82) is 0 Å². The van der Waals surface area contributed by atoms with Crippen LogP contribution in [0.4, 0.5) is 0 Å². The summed E-state index contributed by atoms with van der Waals surface area (Å²) >= 11 is 0. The SMILES string of the molecule is CC(C)(C)c1ccc2c(c1)c1cc(C(C)(C)C)cc3c1n2B1c2cc(-c4ccc5c(c4)C(C)(C)CCC5(C)C)cc4c5cc(-c6ccc7c(c6)C(C)(C)CCC7(C)C)cc6c7c8ccccc8c-3c1c7n(c24)c56. The van der Waals surface area contributed by atoms with Gasteiger partial charge in [0.05, 0.1) is 16.6 Å². The highest BCUT2D eigenvalue weighted by atomic mass is 15.0. The van der Waals surface area contributed by atoms with E-state index in [1.165, 1.54) is 174 Å². The van der Waals surface area contributed by atoms with Gasteiger partial charge in [0, 0.05) is 48.9 Å². The molecule has 0 saturated heterocycles. The van der Waals surface area contributed by atoms with Crippen LogP contribution in [-0.2, 0) is 32.5 Å². The minimum atomic E-state index is -0.0471. The first-order chi connectivity index (χ1) is 34.4. The van der Waals surface area contributed by atoms with Crippen LogP contribution in [0.25, 0.3) is 104 Å². The Hall–Kier alpha value is -6.32. The quantitative estimate of drug-likeness (QED) is 0.153. The lowest BCUT2D eigenvalue weighted by Gasteiger charge is -2.42. The second-order valence-electron chi connectivity index (χ2n) is 28.3. The minimum absolute atomic E-state index is 0.0135. The van der Waals surface area contributed by atoms with Gasteiger partial charge in [0.15, 0.2) is 0 Å². The van der Waals surface area contributed by atoms with Gasteiger partial charge in [-0.3, -0.25) is 0 Å². The fourth-order valence-corrected chi connectivity index (χ4v) is 15.3. The molecule has 0 spiro atoms. The predicted octanol–water partition coefficient (Wildman–Crippen LogP) is 17.7. The lowest BCUT2D eigenvalue weighted by atomic mass is 9.45. The standard InChI is InChI=1S/C70H69BN2/c1-65(2,3)42-21-24-57-46(35-42)49-36-43(66(4,5)6)37-51-58-44-17-15-16-18-45(44)59-50-31-40(38-19-22-52-54(32-38)69(11,12)27-25-67(52,7)8)29-47-48-30-41(39-20-23-53-55(33-39)70(13,14)28-26-68(53,9)10)34-56-63(48)72(61(47)50)64(59)60(58)71(56)73(57)62(49)51/h15-24,29-37H,25-28H2,1-14H3. The minimum Gasteiger partial charge on any atom is -0.375 e. The van der Waals surface area contributed by atoms with Crippen LogP contribution in [0.2, 0.25) is 0 Å². The summed E-state index contributed by atoms with van der Waals surface area (Å²) in [5.74, 6) is 0. The van der Waals surface area contributed by atoms with E-state index in [9.17, 15) is 0 Å². The van der Waals surface area contributed by atoms with Crippen LogP contribution in [0.1, 0.15) is 156 Å². The van der Waals surface area contributed by atoms with Gasteiger partial charge < -0.3 is 8.88 Å². The molecule has 15 rings (SSSR count). The number of benzene rings is 8. The van der Waals surface area contributed by atoms with Crippen molar-refractivity contribution < 1.29 is 0 Å². The molecule has 362 valence electrons. The Labute approximate surface area is 432 Å². The van der Waals surface area contributed by atoms with E-state index in [0.717, 1.165) is 0 Å². The first-order valence-electron chi connectivity index (χ1n) is 27.6. The molecule has 0 bridgehead atoms. The molecule has 5 heterocycles. The van der Waals surface area contributed by atoms with Gasteiger partial charge in [-0.25, -0.2) is 0 Å². The van der Waals surface area contributed by atoms with E-state index in [-0.39, 0.29) is 39.3 Å². The van der Waals surface area contributed by atoms with Crippen molar-refractivity contribution in [3.8, 4) is 33.4 Å². The molecule has 3 heteroatoms. The van der Waals surface area contributed by atoms with Crippen LogP contribution >= 0.6 is 0 Å². The number of hydrogen-bond donors (Lipinski definition) is 0. The van der Waals surface area contributed by atoms with Crippen LogP contribution < -0.4 is 10.9 Å². The third-order valence-electron chi connectivity index (χ3n) is 19.8. The predicted molar refractivity (Wildman–Crippen MR) is 316 cm³/mol. The maximum absolute atomic E-state index is 2.81. The highest BCUT2D eigenvalue weighted by Gasteiger charge is 2.45. The highest BCUT2D eigenvalue weighted by Crippen LogP contribution is 2.54. The normalized spacial score (nSPS) is 18.2. The van der Waals surface area contributed by atoms with Gasteiger partial charge >= 0.3 is 6.85 Å². The van der Waals surface area contributed by atoms with Crippen LogP contribution in [-0.4, -0.2) is 15.7 Å². The number of aromatic nitrogens is 2. The lowest BCUT2D eigenvalue weighted by Crippen LogP contribution is -2.54. The molecule has 0 fully saturated rings. The summed E-state index contributed by atoms with van der Waals surface area (Å²) < 4.78 is 5.57. The fourth-order valence-electron chi connectivity index (χ4n) is 15.3. The molecular weight excluding hydrogens is 880 g/mol. The molecular formula is C70H69BN2. The van der Waals surface area contributed by atoms with E-state index in [1.54, 1.807) is 0 Å². The Morgan fingerprint density at radius 3 is 1.53 bits per heavy atom. The highest BCUT2D eigenvalue weighted by molar-refractivity contribution is 6.91. The molecule has 73 heavy (non-hydrogen) atoms. The van der Waals surface area contributed by atoms with E-state index in [2.05, 4.69) is 221 Å². The number of nitrogens with zero attached hydrogens (tertiary/aromatic N) is 2. The van der Waals surface area contributed by atoms with E-state index in [0.29, 0.717) is 0 Å². The van der Waals surface area contributed by atoms with E-state index >= 15 is 0 Å². The first kappa shape index (κ1) is 44.2. The molecule has 8 aromatic carbocycles. The Balaban J connectivity index is 1.13.